The molecule has 1 saturated heterocycles. The molecule has 302 valence electrons. The van der Waals surface area contributed by atoms with E-state index in [2.05, 4.69) is 23.6 Å². The summed E-state index contributed by atoms with van der Waals surface area (Å²) in [6, 6.07) is 5.26. The number of unbranched alkanes of at least 4 members (excludes halogenated alkanes) is 2. The Morgan fingerprint density at radius 2 is 1.83 bits per heavy atom. The number of methoxy groups -OCH3 is 1. The molecule has 3 N–H and O–H groups in total. The molecule has 1 amide bonds. The average Bonchev–Trinajstić information content (AvgIpc) is 3.99. The van der Waals surface area contributed by atoms with Gasteiger partial charge in [-0.3, -0.25) is 9.80 Å². The van der Waals surface area contributed by atoms with E-state index in [1.54, 1.807) is 11.0 Å². The summed E-state index contributed by atoms with van der Waals surface area (Å²) in [5.74, 6) is -0.404. The van der Waals surface area contributed by atoms with Gasteiger partial charge in [-0.25, -0.2) is 4.79 Å². The van der Waals surface area contributed by atoms with E-state index in [4.69, 9.17) is 33.7 Å². The number of hydrogen-bond donors (Lipinski definition) is 3. The number of benzene rings is 1. The Morgan fingerprint density at radius 1 is 1.07 bits per heavy atom. The first-order valence-corrected chi connectivity index (χ1v) is 19.8. The summed E-state index contributed by atoms with van der Waals surface area (Å²) in [5, 5.41) is 33.9. The van der Waals surface area contributed by atoms with Crippen molar-refractivity contribution in [3.05, 3.63) is 48.1 Å². The second kappa shape index (κ2) is 19.6. The van der Waals surface area contributed by atoms with Gasteiger partial charge in [0.2, 0.25) is 5.79 Å². The molecule has 2 heterocycles. The second-order valence-corrected chi connectivity index (χ2v) is 15.7. The summed E-state index contributed by atoms with van der Waals surface area (Å²) in [6.45, 7) is 14.1. The highest BCUT2D eigenvalue weighted by atomic mass is 16.7. The maximum absolute atomic E-state index is 13.8. The number of rotatable bonds is 22. The zero-order valence-corrected chi connectivity index (χ0v) is 32.7. The quantitative estimate of drug-likeness (QED) is 0.0642. The Hall–Kier alpha value is -3.20. The van der Waals surface area contributed by atoms with Gasteiger partial charge < -0.3 is 43.8 Å². The molecule has 5 rings (SSSR count). The van der Waals surface area contributed by atoms with Crippen LogP contribution in [0.5, 0.6) is 11.5 Å². The monoisotopic (exact) mass is 757 g/mol. The van der Waals surface area contributed by atoms with Crippen molar-refractivity contribution in [3.63, 3.8) is 0 Å². The van der Waals surface area contributed by atoms with Crippen LogP contribution >= 0.6 is 0 Å². The van der Waals surface area contributed by atoms with Crippen LogP contribution in [0.15, 0.2) is 47.7 Å². The number of allylic oxidation sites excluding steroid dienone is 1. The number of carbonyl (C=O) groups is 1. The van der Waals surface area contributed by atoms with Crippen molar-refractivity contribution in [3.8, 4) is 11.5 Å². The first-order chi connectivity index (χ1) is 26.1. The standard InChI is InChI=1S/C41H63N3O10/c1-6-22-52-41-36(44(39(48)49-5)18-23-50-25-21-47)28-34(42-54-40(2,3)4)32-26-29(11-7-9-19-45)31(12-8-10-20-46)37(38(32)41)33-27-30(13-14-35(33)53-41)51-24-17-43-15-16-43/h6,13-14,26-27,29,31,36-38,45-47H,1,7-12,15-25,28H2,2-5H3. The van der Waals surface area contributed by atoms with E-state index in [1.165, 1.54) is 7.11 Å². The Labute approximate surface area is 320 Å². The predicted octanol–water partition coefficient (Wildman–Crippen LogP) is 4.89. The number of oxime groups is 1. The smallest absolute Gasteiger partial charge is 0.410 e. The molecule has 2 fully saturated rings. The Balaban J connectivity index is 1.73. The van der Waals surface area contributed by atoms with Crippen molar-refractivity contribution in [2.24, 2.45) is 22.9 Å². The zero-order valence-electron chi connectivity index (χ0n) is 32.7. The van der Waals surface area contributed by atoms with E-state index in [9.17, 15) is 20.1 Å². The number of carbonyl (C=O) groups excluding carboxylic acids is 1. The van der Waals surface area contributed by atoms with Crippen LogP contribution in [0.4, 0.5) is 4.79 Å². The average molecular weight is 758 g/mol. The van der Waals surface area contributed by atoms with Crippen LogP contribution in [0.25, 0.3) is 0 Å². The zero-order chi connectivity index (χ0) is 38.7. The number of fused-ring (bicyclic) bond motifs is 2. The first-order valence-electron chi connectivity index (χ1n) is 19.8. The van der Waals surface area contributed by atoms with Gasteiger partial charge in [-0.2, -0.15) is 0 Å². The molecular formula is C41H63N3O10. The Kier molecular flexibility index (Phi) is 15.2. The second-order valence-electron chi connectivity index (χ2n) is 15.7. The van der Waals surface area contributed by atoms with Crippen molar-refractivity contribution in [1.29, 1.82) is 0 Å². The van der Waals surface area contributed by atoms with Gasteiger partial charge >= 0.3 is 6.09 Å². The molecule has 0 bridgehead atoms. The van der Waals surface area contributed by atoms with E-state index < -0.39 is 29.4 Å². The van der Waals surface area contributed by atoms with Crippen LogP contribution in [-0.4, -0.2) is 134 Å². The minimum atomic E-state index is -1.41. The van der Waals surface area contributed by atoms with Crippen molar-refractivity contribution < 1.29 is 48.6 Å². The SMILES string of the molecule is C=CCOC12Oc3ccc(OCCN4CC4)cc3C3C(CCCCO)C(CCCCO)C=C(C(=NOC(C)(C)C)CC1N(CCOCCO)C(=O)OC)C32. The van der Waals surface area contributed by atoms with Crippen molar-refractivity contribution in [2.75, 3.05) is 79.5 Å². The molecule has 0 radical (unpaired) electrons. The first kappa shape index (κ1) is 42.0. The van der Waals surface area contributed by atoms with Crippen molar-refractivity contribution in [1.82, 2.24) is 9.80 Å². The van der Waals surface area contributed by atoms with Gasteiger partial charge in [-0.05, 0) is 82.1 Å². The molecular weight excluding hydrogens is 694 g/mol. The lowest BCUT2D eigenvalue weighted by molar-refractivity contribution is -0.256. The van der Waals surface area contributed by atoms with E-state index in [1.807, 2.05) is 32.9 Å². The highest BCUT2D eigenvalue weighted by Crippen LogP contribution is 2.62. The number of aliphatic hydroxyl groups excluding tert-OH is 3. The maximum atomic E-state index is 13.8. The van der Waals surface area contributed by atoms with Crippen LogP contribution in [0.2, 0.25) is 0 Å². The van der Waals surface area contributed by atoms with E-state index in [0.717, 1.165) is 62.2 Å². The molecule has 13 nitrogen and oxygen atoms in total. The highest BCUT2D eigenvalue weighted by Gasteiger charge is 2.65. The third kappa shape index (κ3) is 10.2. The molecule has 1 aromatic rings. The summed E-state index contributed by atoms with van der Waals surface area (Å²) in [4.78, 5) is 23.9. The molecule has 2 aliphatic heterocycles. The molecule has 1 aromatic carbocycles. The Bertz CT molecular complexity index is 1440. The molecule has 54 heavy (non-hydrogen) atoms. The molecule has 4 aliphatic rings. The summed E-state index contributed by atoms with van der Waals surface area (Å²) < 4.78 is 31.6. The highest BCUT2D eigenvalue weighted by molar-refractivity contribution is 6.03. The molecule has 2 aliphatic carbocycles. The van der Waals surface area contributed by atoms with Gasteiger partial charge in [0.25, 0.3) is 0 Å². The summed E-state index contributed by atoms with van der Waals surface area (Å²) in [5.41, 5.74) is 2.07. The van der Waals surface area contributed by atoms with Gasteiger partial charge in [0.05, 0.1) is 45.2 Å². The molecule has 13 heteroatoms. The van der Waals surface area contributed by atoms with Crippen molar-refractivity contribution in [2.45, 2.75) is 89.1 Å². The van der Waals surface area contributed by atoms with E-state index in [0.29, 0.717) is 30.9 Å². The third-order valence-electron chi connectivity index (χ3n) is 10.8. The predicted molar refractivity (Wildman–Crippen MR) is 205 cm³/mol. The van der Waals surface area contributed by atoms with Crippen molar-refractivity contribution >= 4 is 11.8 Å². The molecule has 1 saturated carbocycles. The summed E-state index contributed by atoms with van der Waals surface area (Å²) in [6.07, 6.45) is 8.39. The number of aliphatic hydroxyl groups is 3. The summed E-state index contributed by atoms with van der Waals surface area (Å²) in [7, 11) is 1.35. The lowest BCUT2D eigenvalue weighted by atomic mass is 9.55. The third-order valence-corrected chi connectivity index (χ3v) is 10.8. The van der Waals surface area contributed by atoms with Gasteiger partial charge in [0.15, 0.2) is 0 Å². The van der Waals surface area contributed by atoms with E-state index in [-0.39, 0.29) is 70.4 Å². The normalized spacial score (nSPS) is 26.6. The van der Waals surface area contributed by atoms with Crippen LogP contribution in [0.3, 0.4) is 0 Å². The summed E-state index contributed by atoms with van der Waals surface area (Å²) >= 11 is 0. The van der Waals surface area contributed by atoms with Gasteiger partial charge in [-0.1, -0.05) is 30.1 Å². The molecule has 0 aromatic heterocycles. The van der Waals surface area contributed by atoms with Crippen LogP contribution in [0, 0.1) is 17.8 Å². The van der Waals surface area contributed by atoms with Crippen LogP contribution in [0.1, 0.15) is 77.2 Å². The number of hydrogen-bond acceptors (Lipinski definition) is 12. The number of nitrogens with zero attached hydrogens (tertiary/aromatic N) is 3. The maximum Gasteiger partial charge on any atom is 0.410 e. The van der Waals surface area contributed by atoms with E-state index >= 15 is 0 Å². The number of amides is 1. The fraction of sp³-hybridized carbons (Fsp3) is 0.707. The van der Waals surface area contributed by atoms with Crippen LogP contribution in [-0.2, 0) is 19.0 Å². The van der Waals surface area contributed by atoms with Gasteiger partial charge in [0.1, 0.15) is 29.7 Å². The Morgan fingerprint density at radius 3 is 2.50 bits per heavy atom. The molecule has 0 spiro atoms. The topological polar surface area (TPSA) is 152 Å². The lowest BCUT2D eigenvalue weighted by Crippen LogP contribution is -2.70. The van der Waals surface area contributed by atoms with Gasteiger partial charge in [-0.15, -0.1) is 6.58 Å². The minimum absolute atomic E-state index is 0.0918. The van der Waals surface area contributed by atoms with Gasteiger partial charge in [0, 0.05) is 57.3 Å². The largest absolute Gasteiger partial charge is 0.492 e. The van der Waals surface area contributed by atoms with Crippen LogP contribution < -0.4 is 9.47 Å². The minimum Gasteiger partial charge on any atom is -0.492 e. The lowest BCUT2D eigenvalue weighted by Gasteiger charge is -2.59. The fourth-order valence-corrected chi connectivity index (χ4v) is 8.34. The number of ether oxygens (including phenoxy) is 5. The molecule has 6 unspecified atom stereocenters. The molecule has 6 atom stereocenters. The fourth-order valence-electron chi connectivity index (χ4n) is 8.34.